The first kappa shape index (κ1) is 14.6. The highest BCUT2D eigenvalue weighted by molar-refractivity contribution is 5.97. The molecule has 1 aliphatic heterocycles. The Morgan fingerprint density at radius 1 is 1.33 bits per heavy atom. The maximum absolute atomic E-state index is 12.1. The molecule has 98 valence electrons. The van der Waals surface area contributed by atoms with Crippen LogP contribution in [0.4, 0.5) is 0 Å². The maximum Gasteiger partial charge on any atom is 0.182 e. The molecule has 1 aromatic rings. The molecule has 1 N–H and O–H groups in total. The number of carbonyl (C=O) groups is 1. The minimum Gasteiger partial charge on any atom is -0.370 e. The fraction of sp³-hybridized carbons (Fsp3) is 0.357. The first-order valence-electron chi connectivity index (χ1n) is 5.84. The molecule has 0 amide bonds. The van der Waals surface area contributed by atoms with Crippen LogP contribution in [0.3, 0.4) is 0 Å². The molecule has 0 unspecified atom stereocenters. The number of hydrogen-bond acceptors (Lipinski definition) is 3. The van der Waals surface area contributed by atoms with Crippen LogP contribution >= 0.6 is 12.4 Å². The Labute approximate surface area is 114 Å². The Bertz CT molecular complexity index is 482. The molecular weight excluding hydrogens is 248 g/mol. The van der Waals surface area contributed by atoms with Crippen LogP contribution in [-0.2, 0) is 0 Å². The van der Waals surface area contributed by atoms with Crippen molar-refractivity contribution in [2.24, 2.45) is 0 Å². The summed E-state index contributed by atoms with van der Waals surface area (Å²) in [4.78, 5) is 14.2. The van der Waals surface area contributed by atoms with Gasteiger partial charge in [-0.1, -0.05) is 23.8 Å². The number of carbonyl (C=O) groups excluding carboxylic acids is 1. The molecule has 1 heterocycles. The molecule has 3 nitrogen and oxygen atoms in total. The highest BCUT2D eigenvalue weighted by atomic mass is 35.5. The van der Waals surface area contributed by atoms with E-state index in [9.17, 15) is 4.79 Å². The minimum atomic E-state index is 0. The first-order chi connectivity index (χ1) is 8.08. The summed E-state index contributed by atoms with van der Waals surface area (Å²) in [6, 6.07) is 7.75. The summed E-state index contributed by atoms with van der Waals surface area (Å²) >= 11 is 0. The Hall–Kier alpha value is -1.48. The number of Topliss-reactive ketones (excluding diaryl/α,β-unsaturated/α-hetero) is 1. The van der Waals surface area contributed by atoms with E-state index in [0.717, 1.165) is 29.2 Å². The van der Waals surface area contributed by atoms with Crippen molar-refractivity contribution in [2.75, 3.05) is 13.2 Å². The van der Waals surface area contributed by atoms with Crippen molar-refractivity contribution in [3.8, 4) is 0 Å². The SMILES string of the molecule is CC1=C(C)N(CC(=O)c2cccc(C)c2)CN1.Cl. The molecule has 0 fully saturated rings. The van der Waals surface area contributed by atoms with Gasteiger partial charge in [0, 0.05) is 17.0 Å². The van der Waals surface area contributed by atoms with E-state index in [1.54, 1.807) is 0 Å². The van der Waals surface area contributed by atoms with Crippen molar-refractivity contribution < 1.29 is 4.79 Å². The van der Waals surface area contributed by atoms with E-state index < -0.39 is 0 Å². The topological polar surface area (TPSA) is 32.3 Å². The fourth-order valence-electron chi connectivity index (χ4n) is 1.96. The van der Waals surface area contributed by atoms with Gasteiger partial charge in [0.1, 0.15) is 0 Å². The van der Waals surface area contributed by atoms with Crippen LogP contribution in [0.1, 0.15) is 29.8 Å². The van der Waals surface area contributed by atoms with Crippen molar-refractivity contribution >= 4 is 18.2 Å². The number of nitrogens with one attached hydrogen (secondary N) is 1. The largest absolute Gasteiger partial charge is 0.370 e. The minimum absolute atomic E-state index is 0. The quantitative estimate of drug-likeness (QED) is 0.854. The average molecular weight is 267 g/mol. The van der Waals surface area contributed by atoms with Gasteiger partial charge in [0.05, 0.1) is 13.2 Å². The third-order valence-corrected chi connectivity index (χ3v) is 3.23. The molecule has 0 bridgehead atoms. The van der Waals surface area contributed by atoms with Crippen molar-refractivity contribution in [1.82, 2.24) is 10.2 Å². The second-order valence-corrected chi connectivity index (χ2v) is 4.54. The molecule has 0 aromatic heterocycles. The van der Waals surface area contributed by atoms with E-state index in [-0.39, 0.29) is 18.2 Å². The van der Waals surface area contributed by atoms with Crippen LogP contribution in [-0.4, -0.2) is 23.9 Å². The fourth-order valence-corrected chi connectivity index (χ4v) is 1.96. The second kappa shape index (κ2) is 5.91. The number of ketones is 1. The Balaban J connectivity index is 0.00000162. The predicted octanol–water partition coefficient (Wildman–Crippen LogP) is 2.71. The van der Waals surface area contributed by atoms with Gasteiger partial charge in [0.25, 0.3) is 0 Å². The molecule has 0 aliphatic carbocycles. The first-order valence-corrected chi connectivity index (χ1v) is 5.84. The highest BCUT2D eigenvalue weighted by Gasteiger charge is 2.18. The summed E-state index contributed by atoms with van der Waals surface area (Å²) in [5, 5.41) is 3.24. The molecule has 0 atom stereocenters. The van der Waals surface area contributed by atoms with Gasteiger partial charge in [-0.25, -0.2) is 0 Å². The summed E-state index contributed by atoms with van der Waals surface area (Å²) in [5.41, 5.74) is 4.23. The van der Waals surface area contributed by atoms with E-state index in [4.69, 9.17) is 0 Å². The van der Waals surface area contributed by atoms with Crippen LogP contribution in [0, 0.1) is 6.92 Å². The van der Waals surface area contributed by atoms with Gasteiger partial charge >= 0.3 is 0 Å². The average Bonchev–Trinajstić information content (AvgIpc) is 2.61. The lowest BCUT2D eigenvalue weighted by atomic mass is 10.1. The van der Waals surface area contributed by atoms with Gasteiger partial charge in [-0.2, -0.15) is 0 Å². The Morgan fingerprint density at radius 2 is 2.06 bits per heavy atom. The van der Waals surface area contributed by atoms with Crippen LogP contribution in [0.5, 0.6) is 0 Å². The number of halogens is 1. The predicted molar refractivity (Wildman–Crippen MR) is 75.8 cm³/mol. The number of hydrogen-bond donors (Lipinski definition) is 1. The molecule has 0 spiro atoms. The lowest BCUT2D eigenvalue weighted by molar-refractivity contribution is 0.0952. The molecule has 4 heteroatoms. The number of nitrogens with zero attached hydrogens (tertiary/aromatic N) is 1. The number of benzene rings is 1. The third-order valence-electron chi connectivity index (χ3n) is 3.23. The normalized spacial score (nSPS) is 14.3. The molecule has 2 rings (SSSR count). The molecule has 1 aliphatic rings. The summed E-state index contributed by atoms with van der Waals surface area (Å²) in [6.45, 7) is 7.25. The van der Waals surface area contributed by atoms with E-state index in [0.29, 0.717) is 6.54 Å². The molecule has 1 aromatic carbocycles. The number of allylic oxidation sites excluding steroid dienone is 2. The molecule has 0 radical (unpaired) electrons. The zero-order valence-corrected chi connectivity index (χ0v) is 11.8. The van der Waals surface area contributed by atoms with Crippen molar-refractivity contribution in [3.05, 3.63) is 46.8 Å². The van der Waals surface area contributed by atoms with Crippen LogP contribution in [0.2, 0.25) is 0 Å². The summed E-state index contributed by atoms with van der Waals surface area (Å²) < 4.78 is 0. The third kappa shape index (κ3) is 3.05. The standard InChI is InChI=1S/C14H18N2O.ClH/c1-10-5-4-6-13(7-10)14(17)8-16-9-15-11(2)12(16)3;/h4-7,15H,8-9H2,1-3H3;1H. The molecule has 0 saturated carbocycles. The van der Waals surface area contributed by atoms with E-state index in [1.807, 2.05) is 45.0 Å². The zero-order chi connectivity index (χ0) is 12.4. The van der Waals surface area contributed by atoms with Gasteiger partial charge in [-0.15, -0.1) is 12.4 Å². The van der Waals surface area contributed by atoms with Crippen LogP contribution in [0.25, 0.3) is 0 Å². The van der Waals surface area contributed by atoms with Crippen molar-refractivity contribution in [3.63, 3.8) is 0 Å². The maximum atomic E-state index is 12.1. The summed E-state index contributed by atoms with van der Waals surface area (Å²) in [7, 11) is 0. The van der Waals surface area contributed by atoms with E-state index in [1.165, 1.54) is 0 Å². The van der Waals surface area contributed by atoms with Crippen LogP contribution in [0.15, 0.2) is 35.7 Å². The monoisotopic (exact) mass is 266 g/mol. The smallest absolute Gasteiger partial charge is 0.182 e. The number of rotatable bonds is 3. The van der Waals surface area contributed by atoms with Crippen LogP contribution < -0.4 is 5.32 Å². The van der Waals surface area contributed by atoms with Gasteiger partial charge in [-0.05, 0) is 26.8 Å². The highest BCUT2D eigenvalue weighted by Crippen LogP contribution is 2.14. The van der Waals surface area contributed by atoms with Gasteiger partial charge in [0.15, 0.2) is 5.78 Å². The Kier molecular flexibility index (Phi) is 4.79. The van der Waals surface area contributed by atoms with E-state index in [2.05, 4.69) is 10.2 Å². The summed E-state index contributed by atoms with van der Waals surface area (Å²) in [6.07, 6.45) is 0. The van der Waals surface area contributed by atoms with Gasteiger partial charge in [0.2, 0.25) is 0 Å². The van der Waals surface area contributed by atoms with Gasteiger partial charge in [-0.3, -0.25) is 4.79 Å². The Morgan fingerprint density at radius 3 is 2.61 bits per heavy atom. The lowest BCUT2D eigenvalue weighted by Gasteiger charge is -2.17. The van der Waals surface area contributed by atoms with Gasteiger partial charge < -0.3 is 10.2 Å². The molecular formula is C14H19ClN2O. The molecule has 0 saturated heterocycles. The lowest BCUT2D eigenvalue weighted by Crippen LogP contribution is -2.29. The second-order valence-electron chi connectivity index (χ2n) is 4.54. The molecule has 18 heavy (non-hydrogen) atoms. The van der Waals surface area contributed by atoms with Crippen molar-refractivity contribution in [2.45, 2.75) is 20.8 Å². The van der Waals surface area contributed by atoms with E-state index >= 15 is 0 Å². The van der Waals surface area contributed by atoms with Crippen molar-refractivity contribution in [1.29, 1.82) is 0 Å². The number of aryl methyl sites for hydroxylation is 1. The zero-order valence-electron chi connectivity index (χ0n) is 11.0. The summed E-state index contributed by atoms with van der Waals surface area (Å²) in [5.74, 6) is 0.171.